The highest BCUT2D eigenvalue weighted by Gasteiger charge is 2.28. The summed E-state index contributed by atoms with van der Waals surface area (Å²) in [6.07, 6.45) is 4.37. The quantitative estimate of drug-likeness (QED) is 0.786. The Hall–Kier alpha value is -3.28. The summed E-state index contributed by atoms with van der Waals surface area (Å²) in [4.78, 5) is 27.6. The number of carbonyl (C=O) groups is 1. The van der Waals surface area contributed by atoms with Crippen molar-refractivity contribution in [3.63, 3.8) is 0 Å². The van der Waals surface area contributed by atoms with E-state index in [1.54, 1.807) is 12.4 Å². The minimum absolute atomic E-state index is 0.0778. The van der Waals surface area contributed by atoms with Crippen molar-refractivity contribution in [1.29, 1.82) is 0 Å². The molecule has 0 radical (unpaired) electrons. The summed E-state index contributed by atoms with van der Waals surface area (Å²) in [7, 11) is 0. The first-order valence-electron chi connectivity index (χ1n) is 8.65. The van der Waals surface area contributed by atoms with E-state index in [4.69, 9.17) is 0 Å². The van der Waals surface area contributed by atoms with Gasteiger partial charge in [-0.25, -0.2) is 15.0 Å². The van der Waals surface area contributed by atoms with E-state index in [0.717, 1.165) is 24.2 Å². The lowest BCUT2D eigenvalue weighted by Crippen LogP contribution is -2.28. The van der Waals surface area contributed by atoms with Gasteiger partial charge in [0.1, 0.15) is 5.82 Å². The van der Waals surface area contributed by atoms with Gasteiger partial charge in [-0.05, 0) is 36.8 Å². The lowest BCUT2D eigenvalue weighted by Gasteiger charge is -2.16. The maximum absolute atomic E-state index is 12.6. The van der Waals surface area contributed by atoms with Gasteiger partial charge in [-0.1, -0.05) is 24.3 Å². The molecule has 3 aromatic rings. The minimum Gasteiger partial charge on any atom is -0.338 e. The Balaban J connectivity index is 1.45. The van der Waals surface area contributed by atoms with Crippen molar-refractivity contribution in [1.82, 2.24) is 19.9 Å². The van der Waals surface area contributed by atoms with Crippen molar-refractivity contribution in [2.24, 2.45) is 0 Å². The molecule has 1 saturated heterocycles. The summed E-state index contributed by atoms with van der Waals surface area (Å²) in [5.74, 6) is 1.52. The van der Waals surface area contributed by atoms with Crippen LogP contribution in [-0.4, -0.2) is 38.8 Å². The Kier molecular flexibility index (Phi) is 4.55. The molecule has 1 aliphatic rings. The Morgan fingerprint density at radius 1 is 1.00 bits per heavy atom. The number of nitrogens with one attached hydrogen (secondary N) is 1. The number of anilines is 2. The van der Waals surface area contributed by atoms with E-state index in [-0.39, 0.29) is 11.8 Å². The molecule has 26 heavy (non-hydrogen) atoms. The van der Waals surface area contributed by atoms with Gasteiger partial charge in [0.15, 0.2) is 0 Å². The molecule has 0 unspecified atom stereocenters. The van der Waals surface area contributed by atoms with Crippen molar-refractivity contribution >= 4 is 17.7 Å². The van der Waals surface area contributed by atoms with Gasteiger partial charge in [0.25, 0.3) is 5.91 Å². The number of hydrogen-bond donors (Lipinski definition) is 1. The second kappa shape index (κ2) is 7.31. The van der Waals surface area contributed by atoms with Crippen LogP contribution in [0.2, 0.25) is 0 Å². The monoisotopic (exact) mass is 345 g/mol. The second-order valence-electron chi connectivity index (χ2n) is 6.25. The van der Waals surface area contributed by atoms with Crippen LogP contribution in [0, 0.1) is 0 Å². The number of hydrogen-bond acceptors (Lipinski definition) is 5. The largest absolute Gasteiger partial charge is 0.338 e. The third-order valence-corrected chi connectivity index (χ3v) is 4.50. The smallest absolute Gasteiger partial charge is 0.253 e. The Labute approximate surface area is 151 Å². The molecule has 1 aromatic carbocycles. The van der Waals surface area contributed by atoms with Gasteiger partial charge in [0.05, 0.1) is 5.69 Å². The highest BCUT2D eigenvalue weighted by Crippen LogP contribution is 2.27. The zero-order chi connectivity index (χ0) is 17.8. The van der Waals surface area contributed by atoms with Crippen molar-refractivity contribution in [3.05, 3.63) is 78.2 Å². The predicted molar refractivity (Wildman–Crippen MR) is 99.3 cm³/mol. The van der Waals surface area contributed by atoms with E-state index < -0.39 is 0 Å². The zero-order valence-corrected chi connectivity index (χ0v) is 14.2. The third kappa shape index (κ3) is 3.54. The molecule has 1 amide bonds. The number of rotatable bonds is 4. The molecule has 6 nitrogen and oxygen atoms in total. The molecule has 4 rings (SSSR count). The van der Waals surface area contributed by atoms with E-state index in [1.165, 1.54) is 0 Å². The van der Waals surface area contributed by atoms with Crippen LogP contribution in [0.1, 0.15) is 28.4 Å². The number of nitrogens with zero attached hydrogens (tertiary/aromatic N) is 4. The van der Waals surface area contributed by atoms with Gasteiger partial charge in [-0.2, -0.15) is 0 Å². The minimum atomic E-state index is 0.0778. The Bertz CT molecular complexity index is 885. The highest BCUT2D eigenvalue weighted by molar-refractivity contribution is 5.94. The first kappa shape index (κ1) is 16.2. The lowest BCUT2D eigenvalue weighted by atomic mass is 10.1. The topological polar surface area (TPSA) is 71.0 Å². The molecular weight excluding hydrogens is 326 g/mol. The highest BCUT2D eigenvalue weighted by atomic mass is 16.2. The number of carbonyl (C=O) groups excluding carboxylic acids is 1. The van der Waals surface area contributed by atoms with Crippen molar-refractivity contribution in [3.8, 4) is 0 Å². The van der Waals surface area contributed by atoms with E-state index in [1.807, 2.05) is 59.5 Å². The first-order chi connectivity index (χ1) is 12.8. The number of aromatic nitrogens is 3. The van der Waals surface area contributed by atoms with Crippen LogP contribution in [0.5, 0.6) is 0 Å². The Morgan fingerprint density at radius 3 is 2.65 bits per heavy atom. The van der Waals surface area contributed by atoms with Gasteiger partial charge in [-0.3, -0.25) is 4.79 Å². The maximum Gasteiger partial charge on any atom is 0.253 e. The van der Waals surface area contributed by atoms with Gasteiger partial charge in [-0.15, -0.1) is 0 Å². The fraction of sp³-hybridized carbons (Fsp3) is 0.200. The average Bonchev–Trinajstić information content (AvgIpc) is 3.19. The molecule has 1 atom stereocenters. The molecule has 2 aromatic heterocycles. The molecule has 1 fully saturated rings. The van der Waals surface area contributed by atoms with Crippen LogP contribution in [0.15, 0.2) is 67.0 Å². The van der Waals surface area contributed by atoms with E-state index in [2.05, 4.69) is 20.3 Å². The molecule has 0 bridgehead atoms. The lowest BCUT2D eigenvalue weighted by molar-refractivity contribution is 0.0790. The standard InChI is InChI=1S/C20H19N5O/c26-19(15-6-2-1-3-7-15)25-13-10-16(14-25)17-9-12-22-20(23-17)24-18-8-4-5-11-21-18/h1-9,11-12,16H,10,13-14H2,(H,21,22,23,24)/t16-/m0/s1. The fourth-order valence-electron chi connectivity index (χ4n) is 3.16. The summed E-state index contributed by atoms with van der Waals surface area (Å²) in [5.41, 5.74) is 1.68. The average molecular weight is 345 g/mol. The first-order valence-corrected chi connectivity index (χ1v) is 8.65. The summed E-state index contributed by atoms with van der Waals surface area (Å²) < 4.78 is 0. The van der Waals surface area contributed by atoms with Crippen LogP contribution in [0.4, 0.5) is 11.8 Å². The van der Waals surface area contributed by atoms with Gasteiger partial charge >= 0.3 is 0 Å². The predicted octanol–water partition coefficient (Wildman–Crippen LogP) is 3.24. The number of pyridine rings is 1. The molecule has 0 spiro atoms. The van der Waals surface area contributed by atoms with Crippen LogP contribution < -0.4 is 5.32 Å². The van der Waals surface area contributed by atoms with Crippen molar-refractivity contribution < 1.29 is 4.79 Å². The molecule has 0 saturated carbocycles. The second-order valence-corrected chi connectivity index (χ2v) is 6.25. The molecule has 1 aliphatic heterocycles. The van der Waals surface area contributed by atoms with E-state index in [0.29, 0.717) is 18.3 Å². The van der Waals surface area contributed by atoms with E-state index in [9.17, 15) is 4.79 Å². The molecule has 130 valence electrons. The molecule has 3 heterocycles. The molecule has 1 N–H and O–H groups in total. The Morgan fingerprint density at radius 2 is 1.85 bits per heavy atom. The summed E-state index contributed by atoms with van der Waals surface area (Å²) >= 11 is 0. The fourth-order valence-corrected chi connectivity index (χ4v) is 3.16. The molecule has 6 heteroatoms. The van der Waals surface area contributed by atoms with E-state index >= 15 is 0 Å². The maximum atomic E-state index is 12.6. The van der Waals surface area contributed by atoms with Crippen molar-refractivity contribution in [2.45, 2.75) is 12.3 Å². The zero-order valence-electron chi connectivity index (χ0n) is 14.2. The summed E-state index contributed by atoms with van der Waals surface area (Å²) in [5, 5.41) is 3.11. The number of amides is 1. The van der Waals surface area contributed by atoms with Crippen LogP contribution in [-0.2, 0) is 0 Å². The van der Waals surface area contributed by atoms with Crippen LogP contribution in [0.25, 0.3) is 0 Å². The number of likely N-dealkylation sites (tertiary alicyclic amines) is 1. The number of benzene rings is 1. The SMILES string of the molecule is O=C(c1ccccc1)N1CC[C@H](c2ccnc(Nc3ccccn3)n2)C1. The summed E-state index contributed by atoms with van der Waals surface area (Å²) in [6.45, 7) is 1.42. The molecular formula is C20H19N5O. The summed E-state index contributed by atoms with van der Waals surface area (Å²) in [6, 6.07) is 17.0. The van der Waals surface area contributed by atoms with Gasteiger partial charge in [0, 0.05) is 37.0 Å². The van der Waals surface area contributed by atoms with Crippen LogP contribution in [0.3, 0.4) is 0 Å². The third-order valence-electron chi connectivity index (χ3n) is 4.50. The molecule has 0 aliphatic carbocycles. The van der Waals surface area contributed by atoms with Crippen LogP contribution >= 0.6 is 0 Å². The normalized spacial score (nSPS) is 16.5. The van der Waals surface area contributed by atoms with Gasteiger partial charge < -0.3 is 10.2 Å². The van der Waals surface area contributed by atoms with Gasteiger partial charge in [0.2, 0.25) is 5.95 Å². The van der Waals surface area contributed by atoms with Crippen molar-refractivity contribution in [2.75, 3.05) is 18.4 Å².